The van der Waals surface area contributed by atoms with Crippen molar-refractivity contribution in [2.45, 2.75) is 51.5 Å². The van der Waals surface area contributed by atoms with E-state index < -0.39 is 17.2 Å². The molecule has 1 saturated heterocycles. The van der Waals surface area contributed by atoms with Crippen LogP contribution >= 0.6 is 0 Å². The number of benzene rings is 1. The number of piperazine rings is 1. The first kappa shape index (κ1) is 21.8. The maximum atomic E-state index is 14.0. The SMILES string of the molecule is CC1(C)CC2(CN(c3ccc(F)c(F)c3)c3ccc(C(=O)N4CCNC(=O)C4(C)C)nc32)C1. The van der Waals surface area contributed by atoms with E-state index in [-0.39, 0.29) is 22.6 Å². The number of anilines is 2. The van der Waals surface area contributed by atoms with Crippen LogP contribution in [0.15, 0.2) is 30.3 Å². The van der Waals surface area contributed by atoms with Crippen LogP contribution in [0.5, 0.6) is 0 Å². The van der Waals surface area contributed by atoms with Crippen molar-refractivity contribution >= 4 is 23.2 Å². The topological polar surface area (TPSA) is 65.5 Å². The van der Waals surface area contributed by atoms with Crippen molar-refractivity contribution < 1.29 is 18.4 Å². The number of aromatic nitrogens is 1. The number of carbonyl (C=O) groups excluding carboxylic acids is 2. The predicted molar refractivity (Wildman–Crippen MR) is 120 cm³/mol. The molecule has 6 nitrogen and oxygen atoms in total. The summed E-state index contributed by atoms with van der Waals surface area (Å²) < 4.78 is 27.5. The number of nitrogens with one attached hydrogen (secondary N) is 1. The Hall–Kier alpha value is -3.03. The first-order chi connectivity index (χ1) is 15.4. The van der Waals surface area contributed by atoms with E-state index in [0.717, 1.165) is 30.3 Å². The first-order valence-electron chi connectivity index (χ1n) is 11.3. The number of hydrogen-bond donors (Lipinski definition) is 1. The lowest BCUT2D eigenvalue weighted by atomic mass is 9.53. The third kappa shape index (κ3) is 3.30. The molecule has 0 bridgehead atoms. The van der Waals surface area contributed by atoms with Gasteiger partial charge in [0.1, 0.15) is 11.2 Å². The maximum Gasteiger partial charge on any atom is 0.273 e. The van der Waals surface area contributed by atoms with Crippen LogP contribution in [0.25, 0.3) is 0 Å². The van der Waals surface area contributed by atoms with Gasteiger partial charge in [-0.15, -0.1) is 0 Å². The molecule has 1 aliphatic carbocycles. The minimum atomic E-state index is -0.968. The van der Waals surface area contributed by atoms with Gasteiger partial charge in [-0.05, 0) is 56.4 Å². The number of pyridine rings is 1. The lowest BCUT2D eigenvalue weighted by molar-refractivity contribution is -0.133. The summed E-state index contributed by atoms with van der Waals surface area (Å²) in [5.74, 6) is -2.25. The highest BCUT2D eigenvalue weighted by Gasteiger charge is 2.57. The third-order valence-corrected chi connectivity index (χ3v) is 7.29. The summed E-state index contributed by atoms with van der Waals surface area (Å²) in [6, 6.07) is 7.41. The average Bonchev–Trinajstić information content (AvgIpc) is 3.05. The smallest absolute Gasteiger partial charge is 0.273 e. The van der Waals surface area contributed by atoms with Crippen LogP contribution in [0.1, 0.15) is 56.7 Å². The molecule has 1 N–H and O–H groups in total. The summed E-state index contributed by atoms with van der Waals surface area (Å²) in [4.78, 5) is 34.1. The minimum Gasteiger partial charge on any atom is -0.352 e. The van der Waals surface area contributed by atoms with Crippen molar-refractivity contribution in [1.29, 1.82) is 0 Å². The molecule has 0 radical (unpaired) electrons. The highest BCUT2D eigenvalue weighted by atomic mass is 19.2. The van der Waals surface area contributed by atoms with Crippen LogP contribution in [0.2, 0.25) is 0 Å². The standard InChI is InChI=1S/C25H28F2N4O2/c1-23(2)12-25(13-23)14-30(15-5-6-16(26)17(27)11-15)19-8-7-18(29-20(19)25)21(32)31-10-9-28-22(33)24(31,3)4/h5-8,11H,9-10,12-14H2,1-4H3,(H,28,33). The zero-order valence-electron chi connectivity index (χ0n) is 19.3. The zero-order chi connectivity index (χ0) is 23.8. The largest absolute Gasteiger partial charge is 0.352 e. The van der Waals surface area contributed by atoms with E-state index >= 15 is 0 Å². The fourth-order valence-corrected chi connectivity index (χ4v) is 5.98. The Labute approximate surface area is 192 Å². The van der Waals surface area contributed by atoms with Crippen molar-refractivity contribution in [1.82, 2.24) is 15.2 Å². The second-order valence-corrected chi connectivity index (χ2v) is 10.8. The number of nitrogens with zero attached hydrogens (tertiary/aromatic N) is 3. The van der Waals surface area contributed by atoms with Crippen molar-refractivity contribution in [3.63, 3.8) is 0 Å². The average molecular weight is 455 g/mol. The Morgan fingerprint density at radius 2 is 1.79 bits per heavy atom. The Bertz CT molecular complexity index is 1170. The van der Waals surface area contributed by atoms with Crippen molar-refractivity contribution in [2.24, 2.45) is 5.41 Å². The first-order valence-corrected chi connectivity index (χ1v) is 11.3. The van der Waals surface area contributed by atoms with E-state index in [2.05, 4.69) is 19.2 Å². The minimum absolute atomic E-state index is 0.135. The van der Waals surface area contributed by atoms with Gasteiger partial charge in [0.25, 0.3) is 5.91 Å². The van der Waals surface area contributed by atoms with Gasteiger partial charge in [-0.2, -0.15) is 0 Å². The van der Waals surface area contributed by atoms with Crippen LogP contribution in [0, 0.1) is 17.0 Å². The van der Waals surface area contributed by atoms with E-state index in [1.54, 1.807) is 30.9 Å². The molecule has 2 aliphatic heterocycles. The number of rotatable bonds is 2. The van der Waals surface area contributed by atoms with Crippen LogP contribution < -0.4 is 10.2 Å². The second-order valence-electron chi connectivity index (χ2n) is 10.8. The normalized spacial score (nSPS) is 22.1. The number of carbonyl (C=O) groups is 2. The molecule has 1 aromatic heterocycles. The number of fused-ring (bicyclic) bond motifs is 2. The van der Waals surface area contributed by atoms with Crippen LogP contribution in [-0.2, 0) is 10.2 Å². The van der Waals surface area contributed by atoms with E-state index in [4.69, 9.17) is 4.98 Å². The van der Waals surface area contributed by atoms with Crippen LogP contribution in [-0.4, -0.2) is 46.9 Å². The molecule has 0 unspecified atom stereocenters. The van der Waals surface area contributed by atoms with Gasteiger partial charge in [-0.25, -0.2) is 13.8 Å². The van der Waals surface area contributed by atoms with Gasteiger partial charge in [-0.3, -0.25) is 9.59 Å². The summed E-state index contributed by atoms with van der Waals surface area (Å²) in [6.07, 6.45) is 1.77. The molecule has 174 valence electrons. The monoisotopic (exact) mass is 454 g/mol. The highest BCUT2D eigenvalue weighted by Crippen LogP contribution is 2.61. The number of halogens is 2. The fourth-order valence-electron chi connectivity index (χ4n) is 5.98. The summed E-state index contributed by atoms with van der Waals surface area (Å²) in [6.45, 7) is 9.26. The second kappa shape index (κ2) is 6.98. The van der Waals surface area contributed by atoms with Crippen LogP contribution in [0.3, 0.4) is 0 Å². The molecule has 1 spiro atoms. The molecule has 3 aliphatic rings. The molecule has 0 atom stereocenters. The van der Waals surface area contributed by atoms with Crippen molar-refractivity contribution in [2.75, 3.05) is 24.5 Å². The molecule has 8 heteroatoms. The molecule has 1 saturated carbocycles. The summed E-state index contributed by atoms with van der Waals surface area (Å²) in [5, 5.41) is 2.81. The molecular formula is C25H28F2N4O2. The van der Waals surface area contributed by atoms with Gasteiger partial charge in [0.15, 0.2) is 11.6 Å². The Morgan fingerprint density at radius 3 is 2.45 bits per heavy atom. The highest BCUT2D eigenvalue weighted by molar-refractivity contribution is 5.99. The van der Waals surface area contributed by atoms with Crippen molar-refractivity contribution in [3.8, 4) is 0 Å². The number of hydrogen-bond acceptors (Lipinski definition) is 4. The summed E-state index contributed by atoms with van der Waals surface area (Å²) >= 11 is 0. The third-order valence-electron chi connectivity index (χ3n) is 7.29. The van der Waals surface area contributed by atoms with E-state index in [9.17, 15) is 18.4 Å². The van der Waals surface area contributed by atoms with E-state index in [1.165, 1.54) is 6.07 Å². The van der Waals surface area contributed by atoms with Gasteiger partial charge in [0.05, 0.1) is 11.4 Å². The number of amides is 2. The Morgan fingerprint density at radius 1 is 1.06 bits per heavy atom. The van der Waals surface area contributed by atoms with Gasteiger partial charge >= 0.3 is 0 Å². The van der Waals surface area contributed by atoms with Gasteiger partial charge in [-0.1, -0.05) is 13.8 Å². The zero-order valence-corrected chi connectivity index (χ0v) is 19.3. The predicted octanol–water partition coefficient (Wildman–Crippen LogP) is 3.92. The molecule has 33 heavy (non-hydrogen) atoms. The van der Waals surface area contributed by atoms with Gasteiger partial charge in [0.2, 0.25) is 5.91 Å². The quantitative estimate of drug-likeness (QED) is 0.747. The van der Waals surface area contributed by atoms with Gasteiger partial charge < -0.3 is 15.1 Å². The molecule has 1 aromatic carbocycles. The summed E-state index contributed by atoms with van der Waals surface area (Å²) in [5.41, 5.74) is 1.40. The molecule has 5 rings (SSSR count). The molecular weight excluding hydrogens is 426 g/mol. The van der Waals surface area contributed by atoms with E-state index in [0.29, 0.717) is 31.0 Å². The van der Waals surface area contributed by atoms with Gasteiger partial charge in [0, 0.05) is 36.8 Å². The molecule has 2 fully saturated rings. The van der Waals surface area contributed by atoms with E-state index in [1.807, 2.05) is 11.0 Å². The van der Waals surface area contributed by atoms with Crippen molar-refractivity contribution in [3.05, 3.63) is 53.4 Å². The molecule has 2 aromatic rings. The Kier molecular flexibility index (Phi) is 4.61. The fraction of sp³-hybridized carbons (Fsp3) is 0.480. The van der Waals surface area contributed by atoms with Crippen LogP contribution in [0.4, 0.5) is 20.2 Å². The lowest BCUT2D eigenvalue weighted by Crippen LogP contribution is -2.63. The molecule has 2 amide bonds. The maximum absolute atomic E-state index is 14.0. The molecule has 3 heterocycles. The summed E-state index contributed by atoms with van der Waals surface area (Å²) in [7, 11) is 0. The lowest BCUT2D eigenvalue weighted by Gasteiger charge is -2.51. The Balaban J connectivity index is 1.55.